The average Bonchev–Trinajstić information content (AvgIpc) is 2.51. The van der Waals surface area contributed by atoms with Gasteiger partial charge in [0, 0.05) is 12.0 Å². The molecule has 1 aromatic rings. The SMILES string of the molecule is CCCC#CC1(C(F)(F)F)Oc2ccc(OC(F)(F)F)cc2C=C1C=O. The maximum atomic E-state index is 13.7. The van der Waals surface area contributed by atoms with E-state index < -0.39 is 29.5 Å². The lowest BCUT2D eigenvalue weighted by atomic mass is 9.89. The highest BCUT2D eigenvalue weighted by molar-refractivity contribution is 5.89. The molecule has 0 spiro atoms. The Bertz CT molecular complexity index is 782. The van der Waals surface area contributed by atoms with Crippen LogP contribution in [0.25, 0.3) is 6.08 Å². The van der Waals surface area contributed by atoms with E-state index in [0.29, 0.717) is 6.42 Å². The molecule has 1 atom stereocenters. The quantitative estimate of drug-likeness (QED) is 0.436. The van der Waals surface area contributed by atoms with Gasteiger partial charge in [-0.15, -0.1) is 13.2 Å². The van der Waals surface area contributed by atoms with Crippen molar-refractivity contribution in [1.29, 1.82) is 0 Å². The molecule has 0 bridgehead atoms. The number of alkyl halides is 6. The third kappa shape index (κ3) is 3.95. The van der Waals surface area contributed by atoms with E-state index in [0.717, 1.165) is 24.3 Å². The zero-order chi connectivity index (χ0) is 19.6. The van der Waals surface area contributed by atoms with E-state index in [9.17, 15) is 31.1 Å². The van der Waals surface area contributed by atoms with Crippen LogP contribution in [-0.4, -0.2) is 24.4 Å². The molecule has 0 saturated heterocycles. The molecule has 1 aliphatic heterocycles. The maximum Gasteiger partial charge on any atom is 0.573 e. The van der Waals surface area contributed by atoms with Crippen molar-refractivity contribution in [3.63, 3.8) is 0 Å². The van der Waals surface area contributed by atoms with Crippen LogP contribution >= 0.6 is 0 Å². The van der Waals surface area contributed by atoms with Crippen molar-refractivity contribution < 1.29 is 40.6 Å². The minimum Gasteiger partial charge on any atom is -0.460 e. The van der Waals surface area contributed by atoms with Gasteiger partial charge in [0.05, 0.1) is 5.57 Å². The Balaban J connectivity index is 2.55. The van der Waals surface area contributed by atoms with Crippen LogP contribution in [-0.2, 0) is 4.79 Å². The van der Waals surface area contributed by atoms with Crippen molar-refractivity contribution in [3.05, 3.63) is 29.3 Å². The smallest absolute Gasteiger partial charge is 0.460 e. The number of fused-ring (bicyclic) bond motifs is 1. The molecule has 1 heterocycles. The van der Waals surface area contributed by atoms with E-state index in [-0.39, 0.29) is 24.0 Å². The van der Waals surface area contributed by atoms with Gasteiger partial charge in [-0.3, -0.25) is 4.79 Å². The summed E-state index contributed by atoms with van der Waals surface area (Å²) >= 11 is 0. The largest absolute Gasteiger partial charge is 0.573 e. The van der Waals surface area contributed by atoms with Crippen LogP contribution in [0.1, 0.15) is 25.3 Å². The Kier molecular flexibility index (Phi) is 5.26. The Morgan fingerprint density at radius 3 is 2.46 bits per heavy atom. The highest BCUT2D eigenvalue weighted by atomic mass is 19.4. The molecule has 0 aromatic heterocycles. The standard InChI is InChI=1S/C17H12F6O3/c1-2-3-4-7-15(16(18,19)20)12(10-24)8-11-9-13(25-17(21,22)23)5-6-14(11)26-15/h5-6,8-10H,2-3H2,1H3. The number of halogens is 6. The molecule has 140 valence electrons. The lowest BCUT2D eigenvalue weighted by molar-refractivity contribution is -0.274. The number of rotatable bonds is 3. The monoisotopic (exact) mass is 378 g/mol. The first-order valence-corrected chi connectivity index (χ1v) is 7.35. The van der Waals surface area contributed by atoms with E-state index >= 15 is 0 Å². The highest BCUT2D eigenvalue weighted by Gasteiger charge is 2.60. The second kappa shape index (κ2) is 6.94. The Morgan fingerprint density at radius 1 is 1.23 bits per heavy atom. The van der Waals surface area contributed by atoms with Crippen LogP contribution in [0, 0.1) is 11.8 Å². The summed E-state index contributed by atoms with van der Waals surface area (Å²) in [7, 11) is 0. The zero-order valence-electron chi connectivity index (χ0n) is 13.3. The van der Waals surface area contributed by atoms with Crippen LogP contribution in [0.15, 0.2) is 23.8 Å². The molecule has 0 fully saturated rings. The summed E-state index contributed by atoms with van der Waals surface area (Å²) in [5, 5.41) is 0. The predicted molar refractivity (Wildman–Crippen MR) is 79.3 cm³/mol. The van der Waals surface area contributed by atoms with Crippen molar-refractivity contribution in [2.24, 2.45) is 0 Å². The van der Waals surface area contributed by atoms with Crippen LogP contribution in [0.2, 0.25) is 0 Å². The van der Waals surface area contributed by atoms with Gasteiger partial charge in [0.2, 0.25) is 0 Å². The first-order chi connectivity index (χ1) is 12.0. The molecule has 0 radical (unpaired) electrons. The molecule has 26 heavy (non-hydrogen) atoms. The van der Waals surface area contributed by atoms with Gasteiger partial charge in [-0.1, -0.05) is 12.8 Å². The van der Waals surface area contributed by atoms with Gasteiger partial charge in [0.1, 0.15) is 11.5 Å². The van der Waals surface area contributed by atoms with Crippen molar-refractivity contribution in [2.75, 3.05) is 0 Å². The Hall–Kier alpha value is -2.63. The molecule has 0 amide bonds. The Labute approximate surface area is 144 Å². The van der Waals surface area contributed by atoms with E-state index in [4.69, 9.17) is 4.74 Å². The molecule has 3 nitrogen and oxygen atoms in total. The first-order valence-electron chi connectivity index (χ1n) is 7.35. The lowest BCUT2D eigenvalue weighted by Gasteiger charge is -2.35. The van der Waals surface area contributed by atoms with Gasteiger partial charge in [-0.25, -0.2) is 0 Å². The van der Waals surface area contributed by atoms with Crippen LogP contribution < -0.4 is 9.47 Å². The number of carbonyl (C=O) groups is 1. The Morgan fingerprint density at radius 2 is 1.92 bits per heavy atom. The maximum absolute atomic E-state index is 13.7. The molecular formula is C17H12F6O3. The minimum atomic E-state index is -5.04. The molecular weight excluding hydrogens is 366 g/mol. The average molecular weight is 378 g/mol. The third-order valence-corrected chi connectivity index (χ3v) is 3.36. The molecule has 1 unspecified atom stereocenters. The van der Waals surface area contributed by atoms with Crippen LogP contribution in [0.5, 0.6) is 11.5 Å². The molecule has 1 aromatic carbocycles. The molecule has 0 aliphatic carbocycles. The molecule has 0 saturated carbocycles. The van der Waals surface area contributed by atoms with E-state index in [1.165, 1.54) is 0 Å². The van der Waals surface area contributed by atoms with Gasteiger partial charge < -0.3 is 9.47 Å². The number of unbranched alkanes of at least 4 members (excludes halogenated alkanes) is 1. The summed E-state index contributed by atoms with van der Waals surface area (Å²) in [6.07, 6.45) is -8.65. The molecule has 1 aliphatic rings. The molecule has 9 heteroatoms. The number of benzene rings is 1. The summed E-state index contributed by atoms with van der Waals surface area (Å²) in [6.45, 7) is 1.71. The fraction of sp³-hybridized carbons (Fsp3) is 0.353. The van der Waals surface area contributed by atoms with Gasteiger partial charge in [-0.2, -0.15) is 13.2 Å². The van der Waals surface area contributed by atoms with Crippen LogP contribution in [0.3, 0.4) is 0 Å². The van der Waals surface area contributed by atoms with E-state index in [2.05, 4.69) is 10.7 Å². The topological polar surface area (TPSA) is 35.5 Å². The molecule has 0 N–H and O–H groups in total. The van der Waals surface area contributed by atoms with Gasteiger partial charge in [0.15, 0.2) is 6.29 Å². The number of hydrogen-bond donors (Lipinski definition) is 0. The fourth-order valence-electron chi connectivity index (χ4n) is 2.24. The third-order valence-electron chi connectivity index (χ3n) is 3.36. The van der Waals surface area contributed by atoms with Crippen molar-refractivity contribution in [3.8, 4) is 23.3 Å². The second-order valence-corrected chi connectivity index (χ2v) is 5.30. The van der Waals surface area contributed by atoms with Crippen molar-refractivity contribution in [2.45, 2.75) is 37.9 Å². The van der Waals surface area contributed by atoms with Crippen molar-refractivity contribution in [1.82, 2.24) is 0 Å². The highest BCUT2D eigenvalue weighted by Crippen LogP contribution is 2.45. The summed E-state index contributed by atoms with van der Waals surface area (Å²) in [5.41, 5.74) is -4.19. The number of hydrogen-bond acceptors (Lipinski definition) is 3. The number of ether oxygens (including phenoxy) is 2. The second-order valence-electron chi connectivity index (χ2n) is 5.30. The fourth-order valence-corrected chi connectivity index (χ4v) is 2.24. The van der Waals surface area contributed by atoms with E-state index in [1.807, 2.05) is 5.92 Å². The van der Waals surface area contributed by atoms with Gasteiger partial charge in [0.25, 0.3) is 5.60 Å². The molecule has 2 rings (SSSR count). The van der Waals surface area contributed by atoms with Gasteiger partial charge in [-0.05, 0) is 36.6 Å². The summed E-state index contributed by atoms with van der Waals surface area (Å²) in [4.78, 5) is 11.3. The van der Waals surface area contributed by atoms with Crippen LogP contribution in [0.4, 0.5) is 26.3 Å². The summed E-state index contributed by atoms with van der Waals surface area (Å²) < 4.78 is 86.5. The van der Waals surface area contributed by atoms with Gasteiger partial charge >= 0.3 is 12.5 Å². The summed E-state index contributed by atoms with van der Waals surface area (Å²) in [5.74, 6) is 3.26. The minimum absolute atomic E-state index is 0.0751. The van der Waals surface area contributed by atoms with Crippen molar-refractivity contribution >= 4 is 12.4 Å². The number of aldehydes is 1. The number of carbonyl (C=O) groups excluding carboxylic acids is 1. The zero-order valence-corrected chi connectivity index (χ0v) is 13.3. The summed E-state index contributed by atoms with van der Waals surface area (Å²) in [6, 6.07) is 2.54. The lowest BCUT2D eigenvalue weighted by Crippen LogP contribution is -2.52. The normalized spacial score (nSPS) is 19.4. The van der Waals surface area contributed by atoms with E-state index in [1.54, 1.807) is 6.92 Å². The first kappa shape index (κ1) is 19.7. The predicted octanol–water partition coefficient (Wildman–Crippen LogP) is 4.66.